The number of sulfonamides is 1. The highest BCUT2D eigenvalue weighted by Gasteiger charge is 2.45. The van der Waals surface area contributed by atoms with E-state index in [1.807, 2.05) is 0 Å². The van der Waals surface area contributed by atoms with Crippen molar-refractivity contribution in [3.8, 4) is 5.75 Å². The number of hydrogen-bond donors (Lipinski definition) is 4. The lowest BCUT2D eigenvalue weighted by molar-refractivity contribution is -0.123. The van der Waals surface area contributed by atoms with Gasteiger partial charge in [-0.15, -0.1) is 12.4 Å². The second-order valence-corrected chi connectivity index (χ2v) is 7.52. The summed E-state index contributed by atoms with van der Waals surface area (Å²) in [6.07, 6.45) is 0.634. The molecular formula is C15H23ClN4O5S. The lowest BCUT2D eigenvalue weighted by Crippen LogP contribution is -2.41. The van der Waals surface area contributed by atoms with Gasteiger partial charge in [0.25, 0.3) is 5.91 Å². The maximum absolute atomic E-state index is 12.5. The summed E-state index contributed by atoms with van der Waals surface area (Å²) in [5.74, 6) is -0.277. The van der Waals surface area contributed by atoms with Crippen LogP contribution in [0.4, 0.5) is 4.79 Å². The predicted molar refractivity (Wildman–Crippen MR) is 98.0 cm³/mol. The number of halogens is 1. The van der Waals surface area contributed by atoms with Crippen molar-refractivity contribution in [2.75, 3.05) is 27.2 Å². The minimum absolute atomic E-state index is 0. The standard InChI is InChI=1S/C15H22N4O5S.ClH/c1-15(13(20)18-14(21)19-15)11-9-10(5-6-12(11)24-3)25(22,23)17-8-4-7-16-2;/h5-6,9,16-17H,4,7-8H2,1-3H3,(H2,18,19,20,21);1H. The summed E-state index contributed by atoms with van der Waals surface area (Å²) >= 11 is 0. The molecule has 1 saturated heterocycles. The van der Waals surface area contributed by atoms with Gasteiger partial charge in [-0.3, -0.25) is 10.1 Å². The summed E-state index contributed by atoms with van der Waals surface area (Å²) in [6, 6.07) is 3.54. The molecule has 1 heterocycles. The van der Waals surface area contributed by atoms with Crippen LogP contribution in [-0.4, -0.2) is 47.6 Å². The third kappa shape index (κ3) is 4.44. The molecule has 0 radical (unpaired) electrons. The number of carbonyl (C=O) groups is 2. The maximum Gasteiger partial charge on any atom is 0.322 e. The van der Waals surface area contributed by atoms with E-state index in [0.29, 0.717) is 18.7 Å². The number of hydrogen-bond acceptors (Lipinski definition) is 6. The summed E-state index contributed by atoms with van der Waals surface area (Å²) in [7, 11) is -0.566. The van der Waals surface area contributed by atoms with Gasteiger partial charge in [-0.2, -0.15) is 0 Å². The average molecular weight is 407 g/mol. The number of benzene rings is 1. The third-order valence-corrected chi connectivity index (χ3v) is 5.42. The van der Waals surface area contributed by atoms with Crippen molar-refractivity contribution in [1.82, 2.24) is 20.7 Å². The average Bonchev–Trinajstić information content (AvgIpc) is 2.84. The molecule has 1 aromatic rings. The Morgan fingerprint density at radius 1 is 1.23 bits per heavy atom. The van der Waals surface area contributed by atoms with Gasteiger partial charge in [0.15, 0.2) is 0 Å². The van der Waals surface area contributed by atoms with Crippen molar-refractivity contribution in [1.29, 1.82) is 0 Å². The number of nitrogens with one attached hydrogen (secondary N) is 4. The van der Waals surface area contributed by atoms with Gasteiger partial charge in [0.05, 0.1) is 12.0 Å². The summed E-state index contributed by atoms with van der Waals surface area (Å²) in [5, 5.41) is 7.59. The largest absolute Gasteiger partial charge is 0.496 e. The first kappa shape index (κ1) is 22.2. The number of rotatable bonds is 8. The van der Waals surface area contributed by atoms with Gasteiger partial charge in [0.1, 0.15) is 11.3 Å². The molecule has 1 fully saturated rings. The van der Waals surface area contributed by atoms with Crippen LogP contribution in [0.15, 0.2) is 23.1 Å². The number of methoxy groups -OCH3 is 1. The molecule has 11 heteroatoms. The normalized spacial score (nSPS) is 19.5. The molecular weight excluding hydrogens is 384 g/mol. The third-order valence-electron chi connectivity index (χ3n) is 3.96. The molecule has 1 atom stereocenters. The number of urea groups is 1. The molecule has 1 aromatic carbocycles. The molecule has 0 aliphatic carbocycles. The molecule has 0 bridgehead atoms. The first-order chi connectivity index (χ1) is 11.7. The van der Waals surface area contributed by atoms with Crippen LogP contribution in [0.25, 0.3) is 0 Å². The molecule has 4 N–H and O–H groups in total. The van der Waals surface area contributed by atoms with Gasteiger partial charge in [-0.05, 0) is 45.1 Å². The Morgan fingerprint density at radius 2 is 1.92 bits per heavy atom. The first-order valence-electron chi connectivity index (χ1n) is 7.71. The van der Waals surface area contributed by atoms with Gasteiger partial charge in [-0.1, -0.05) is 0 Å². The summed E-state index contributed by atoms with van der Waals surface area (Å²) in [4.78, 5) is 23.7. The van der Waals surface area contributed by atoms with Crippen molar-refractivity contribution in [2.45, 2.75) is 23.8 Å². The van der Waals surface area contributed by atoms with E-state index in [-0.39, 0.29) is 29.4 Å². The summed E-state index contributed by atoms with van der Waals surface area (Å²) in [5.41, 5.74) is -1.16. The monoisotopic (exact) mass is 406 g/mol. The zero-order valence-corrected chi connectivity index (χ0v) is 16.3. The number of ether oxygens (including phenoxy) is 1. The van der Waals surface area contributed by atoms with E-state index in [0.717, 1.165) is 0 Å². The van der Waals surface area contributed by atoms with E-state index < -0.39 is 27.5 Å². The number of carbonyl (C=O) groups excluding carboxylic acids is 2. The topological polar surface area (TPSA) is 126 Å². The quantitative estimate of drug-likeness (QED) is 0.357. The van der Waals surface area contributed by atoms with E-state index in [1.54, 1.807) is 7.05 Å². The van der Waals surface area contributed by atoms with Gasteiger partial charge < -0.3 is 15.4 Å². The Labute approximate surface area is 158 Å². The molecule has 1 aliphatic rings. The van der Waals surface area contributed by atoms with Crippen LogP contribution >= 0.6 is 12.4 Å². The molecule has 3 amide bonds. The first-order valence-corrected chi connectivity index (χ1v) is 9.19. The summed E-state index contributed by atoms with van der Waals surface area (Å²) < 4.78 is 32.6. The van der Waals surface area contributed by atoms with Crippen molar-refractivity contribution in [3.63, 3.8) is 0 Å². The fourth-order valence-corrected chi connectivity index (χ4v) is 3.63. The second-order valence-electron chi connectivity index (χ2n) is 5.75. The molecule has 9 nitrogen and oxygen atoms in total. The van der Waals surface area contributed by atoms with Crippen molar-refractivity contribution >= 4 is 34.4 Å². The Bertz CT molecular complexity index is 786. The van der Waals surface area contributed by atoms with Gasteiger partial charge in [0, 0.05) is 12.1 Å². The summed E-state index contributed by atoms with van der Waals surface area (Å²) in [6.45, 7) is 2.45. The lowest BCUT2D eigenvalue weighted by Gasteiger charge is -2.24. The van der Waals surface area contributed by atoms with Crippen LogP contribution in [0.1, 0.15) is 18.9 Å². The number of imide groups is 1. The number of amides is 3. The highest BCUT2D eigenvalue weighted by atomic mass is 35.5. The lowest BCUT2D eigenvalue weighted by atomic mass is 9.91. The van der Waals surface area contributed by atoms with Crippen molar-refractivity contribution in [3.05, 3.63) is 23.8 Å². The van der Waals surface area contributed by atoms with E-state index >= 15 is 0 Å². The zero-order valence-electron chi connectivity index (χ0n) is 14.7. The Kier molecular flexibility index (Phi) is 7.39. The van der Waals surface area contributed by atoms with Crippen LogP contribution in [0.2, 0.25) is 0 Å². The minimum Gasteiger partial charge on any atom is -0.496 e. The predicted octanol–water partition coefficient (Wildman–Crippen LogP) is 0.0594. The van der Waals surface area contributed by atoms with E-state index in [4.69, 9.17) is 4.74 Å². The molecule has 146 valence electrons. The molecule has 0 saturated carbocycles. The minimum atomic E-state index is -3.75. The Balaban J connectivity index is 0.00000338. The molecule has 0 spiro atoms. The smallest absolute Gasteiger partial charge is 0.322 e. The van der Waals surface area contributed by atoms with Gasteiger partial charge in [-0.25, -0.2) is 17.9 Å². The molecule has 1 unspecified atom stereocenters. The SMILES string of the molecule is CNCCCNS(=O)(=O)c1ccc(OC)c(C2(C)NC(=O)NC2=O)c1.Cl. The zero-order chi connectivity index (χ0) is 18.7. The van der Waals surface area contributed by atoms with Crippen molar-refractivity contribution in [2.24, 2.45) is 0 Å². The molecule has 26 heavy (non-hydrogen) atoms. The molecule has 2 rings (SSSR count). The van der Waals surface area contributed by atoms with Crippen LogP contribution in [-0.2, 0) is 20.4 Å². The molecule has 1 aliphatic heterocycles. The Hall–Kier alpha value is -1.88. The van der Waals surface area contributed by atoms with Crippen LogP contribution in [0.3, 0.4) is 0 Å². The van der Waals surface area contributed by atoms with Crippen LogP contribution < -0.4 is 25.4 Å². The van der Waals surface area contributed by atoms with Crippen LogP contribution in [0, 0.1) is 0 Å². The fraction of sp³-hybridized carbons (Fsp3) is 0.467. The highest BCUT2D eigenvalue weighted by Crippen LogP contribution is 2.34. The Morgan fingerprint density at radius 3 is 2.46 bits per heavy atom. The highest BCUT2D eigenvalue weighted by molar-refractivity contribution is 7.89. The van der Waals surface area contributed by atoms with E-state index in [2.05, 4.69) is 20.7 Å². The van der Waals surface area contributed by atoms with Gasteiger partial charge in [0.2, 0.25) is 10.0 Å². The maximum atomic E-state index is 12.5. The fourth-order valence-electron chi connectivity index (χ4n) is 2.53. The van der Waals surface area contributed by atoms with Crippen molar-refractivity contribution < 1.29 is 22.7 Å². The van der Waals surface area contributed by atoms with Crippen LogP contribution in [0.5, 0.6) is 5.75 Å². The second kappa shape index (κ2) is 8.67. The van der Waals surface area contributed by atoms with E-state index in [9.17, 15) is 18.0 Å². The van der Waals surface area contributed by atoms with E-state index in [1.165, 1.54) is 32.2 Å². The van der Waals surface area contributed by atoms with Gasteiger partial charge >= 0.3 is 6.03 Å². The molecule has 0 aromatic heterocycles.